The van der Waals surface area contributed by atoms with Crippen LogP contribution in [-0.2, 0) is 0 Å². The number of H-pyrrole nitrogens is 1. The van der Waals surface area contributed by atoms with Crippen molar-refractivity contribution in [1.29, 1.82) is 0 Å². The van der Waals surface area contributed by atoms with Crippen LogP contribution in [0.4, 0.5) is 11.5 Å². The summed E-state index contributed by atoms with van der Waals surface area (Å²) in [5.41, 5.74) is 4.20. The van der Waals surface area contributed by atoms with Gasteiger partial charge in [-0.3, -0.25) is 0 Å². The number of nitrogens with zero attached hydrogens (tertiary/aromatic N) is 5. The summed E-state index contributed by atoms with van der Waals surface area (Å²) in [4.78, 5) is 20.7. The zero-order valence-corrected chi connectivity index (χ0v) is 13.4. The lowest BCUT2D eigenvalue weighted by Crippen LogP contribution is -2.24. The third kappa shape index (κ3) is 2.40. The first kappa shape index (κ1) is 14.0. The van der Waals surface area contributed by atoms with E-state index in [1.807, 2.05) is 0 Å². The Bertz CT molecular complexity index is 825. The third-order valence-electron chi connectivity index (χ3n) is 4.50. The number of benzene rings is 1. The molecule has 1 aliphatic heterocycles. The molecule has 1 aliphatic rings. The minimum atomic E-state index is 0.344. The molecule has 4 rings (SSSR count). The van der Waals surface area contributed by atoms with Crippen molar-refractivity contribution in [3.05, 3.63) is 42.5 Å². The fraction of sp³-hybridized carbons (Fsp3) is 0.353. The molecule has 0 spiro atoms. The van der Waals surface area contributed by atoms with E-state index in [2.05, 4.69) is 68.1 Å². The van der Waals surface area contributed by atoms with Crippen LogP contribution in [0.1, 0.15) is 24.4 Å². The molecule has 1 N–H and O–H groups in total. The van der Waals surface area contributed by atoms with Gasteiger partial charge in [0.05, 0.1) is 12.4 Å². The van der Waals surface area contributed by atoms with Gasteiger partial charge in [-0.05, 0) is 30.5 Å². The van der Waals surface area contributed by atoms with Crippen molar-refractivity contribution < 1.29 is 0 Å². The molecule has 23 heavy (non-hydrogen) atoms. The van der Waals surface area contributed by atoms with E-state index in [0.29, 0.717) is 6.04 Å². The summed E-state index contributed by atoms with van der Waals surface area (Å²) in [6.07, 6.45) is 5.58. The molecule has 1 saturated heterocycles. The molecule has 0 amide bonds. The second kappa shape index (κ2) is 5.53. The van der Waals surface area contributed by atoms with E-state index in [-0.39, 0.29) is 0 Å². The maximum Gasteiger partial charge on any atom is 0.182 e. The second-order valence-electron chi connectivity index (χ2n) is 6.14. The quantitative estimate of drug-likeness (QED) is 0.806. The van der Waals surface area contributed by atoms with E-state index < -0.39 is 0 Å². The predicted octanol–water partition coefficient (Wildman–Crippen LogP) is 2.76. The standard InChI is InChI=1S/C17H20N6/c1-22(2)13-6-3-5-12(9-13)14-7-4-8-23(14)17-15-16(19-10-18-15)20-11-21-17/h3,5-6,9-11,14H,4,7-8H2,1-2H3,(H,18,19,20,21)/t14-/m1/s1. The van der Waals surface area contributed by atoms with Crippen molar-refractivity contribution in [3.8, 4) is 0 Å². The van der Waals surface area contributed by atoms with Crippen LogP contribution in [0.25, 0.3) is 11.2 Å². The monoisotopic (exact) mass is 308 g/mol. The lowest BCUT2D eigenvalue weighted by atomic mass is 10.0. The zero-order chi connectivity index (χ0) is 15.8. The SMILES string of the molecule is CN(C)c1cccc([C@H]2CCCN2c2ncnc3nc[nH]c23)c1. The maximum atomic E-state index is 4.53. The van der Waals surface area contributed by atoms with Gasteiger partial charge in [0.15, 0.2) is 11.5 Å². The molecule has 0 aliphatic carbocycles. The number of rotatable bonds is 3. The topological polar surface area (TPSA) is 60.9 Å². The molecule has 1 fully saturated rings. The van der Waals surface area contributed by atoms with Gasteiger partial charge < -0.3 is 14.8 Å². The molecule has 3 heterocycles. The fourth-order valence-corrected chi connectivity index (χ4v) is 3.35. The molecule has 2 aromatic heterocycles. The van der Waals surface area contributed by atoms with Gasteiger partial charge in [-0.15, -0.1) is 0 Å². The average Bonchev–Trinajstić information content (AvgIpc) is 3.23. The van der Waals surface area contributed by atoms with Gasteiger partial charge in [-0.2, -0.15) is 0 Å². The highest BCUT2D eigenvalue weighted by atomic mass is 15.2. The molecule has 0 radical (unpaired) electrons. The van der Waals surface area contributed by atoms with Gasteiger partial charge in [0.1, 0.15) is 11.8 Å². The Morgan fingerprint density at radius 2 is 2.13 bits per heavy atom. The number of aromatic amines is 1. The molecule has 0 saturated carbocycles. The second-order valence-corrected chi connectivity index (χ2v) is 6.14. The summed E-state index contributed by atoms with van der Waals surface area (Å²) in [5, 5.41) is 0. The summed E-state index contributed by atoms with van der Waals surface area (Å²) in [6.45, 7) is 1.00. The average molecular weight is 308 g/mol. The summed E-state index contributed by atoms with van der Waals surface area (Å²) >= 11 is 0. The number of imidazole rings is 1. The normalized spacial score (nSPS) is 17.8. The van der Waals surface area contributed by atoms with Gasteiger partial charge in [-0.25, -0.2) is 15.0 Å². The van der Waals surface area contributed by atoms with Crippen LogP contribution < -0.4 is 9.80 Å². The zero-order valence-electron chi connectivity index (χ0n) is 13.4. The molecular formula is C17H20N6. The Morgan fingerprint density at radius 3 is 3.00 bits per heavy atom. The van der Waals surface area contributed by atoms with Gasteiger partial charge >= 0.3 is 0 Å². The summed E-state index contributed by atoms with van der Waals surface area (Å²) in [5.74, 6) is 0.949. The Morgan fingerprint density at radius 1 is 1.22 bits per heavy atom. The number of fused-ring (bicyclic) bond motifs is 1. The first-order valence-corrected chi connectivity index (χ1v) is 7.92. The summed E-state index contributed by atoms with van der Waals surface area (Å²) in [6, 6.07) is 9.10. The van der Waals surface area contributed by atoms with Crippen molar-refractivity contribution >= 4 is 22.7 Å². The molecule has 6 heteroatoms. The molecule has 0 unspecified atom stereocenters. The maximum absolute atomic E-state index is 4.53. The highest BCUT2D eigenvalue weighted by molar-refractivity contribution is 5.83. The van der Waals surface area contributed by atoms with Crippen molar-refractivity contribution in [3.63, 3.8) is 0 Å². The molecule has 118 valence electrons. The van der Waals surface area contributed by atoms with Crippen molar-refractivity contribution in [2.75, 3.05) is 30.4 Å². The van der Waals surface area contributed by atoms with Crippen LogP contribution in [0.5, 0.6) is 0 Å². The van der Waals surface area contributed by atoms with Gasteiger partial charge in [-0.1, -0.05) is 12.1 Å². The lowest BCUT2D eigenvalue weighted by Gasteiger charge is -2.27. The smallest absolute Gasteiger partial charge is 0.182 e. The highest BCUT2D eigenvalue weighted by Gasteiger charge is 2.29. The lowest BCUT2D eigenvalue weighted by molar-refractivity contribution is 0.712. The number of anilines is 2. The van der Waals surface area contributed by atoms with Crippen LogP contribution in [0.3, 0.4) is 0 Å². The summed E-state index contributed by atoms with van der Waals surface area (Å²) in [7, 11) is 4.15. The Hall–Kier alpha value is -2.63. The van der Waals surface area contributed by atoms with E-state index in [4.69, 9.17) is 0 Å². The van der Waals surface area contributed by atoms with E-state index in [1.54, 1.807) is 12.7 Å². The Labute approximate surface area is 135 Å². The number of hydrogen-bond acceptors (Lipinski definition) is 5. The number of aromatic nitrogens is 4. The third-order valence-corrected chi connectivity index (χ3v) is 4.50. The molecule has 1 aromatic carbocycles. The van der Waals surface area contributed by atoms with E-state index >= 15 is 0 Å². The van der Waals surface area contributed by atoms with Crippen LogP contribution in [0, 0.1) is 0 Å². The first-order valence-electron chi connectivity index (χ1n) is 7.92. The highest BCUT2D eigenvalue weighted by Crippen LogP contribution is 2.37. The van der Waals surface area contributed by atoms with Crippen molar-refractivity contribution in [2.24, 2.45) is 0 Å². The number of hydrogen-bond donors (Lipinski definition) is 1. The van der Waals surface area contributed by atoms with Crippen LogP contribution in [-0.4, -0.2) is 40.6 Å². The van der Waals surface area contributed by atoms with Crippen molar-refractivity contribution in [1.82, 2.24) is 19.9 Å². The minimum Gasteiger partial charge on any atom is -0.378 e. The van der Waals surface area contributed by atoms with Gasteiger partial charge in [0.25, 0.3) is 0 Å². The van der Waals surface area contributed by atoms with Crippen molar-refractivity contribution in [2.45, 2.75) is 18.9 Å². The van der Waals surface area contributed by atoms with Crippen LogP contribution in [0.2, 0.25) is 0 Å². The van der Waals surface area contributed by atoms with Gasteiger partial charge in [0, 0.05) is 26.3 Å². The Kier molecular flexibility index (Phi) is 3.37. The molecule has 1 atom stereocenters. The minimum absolute atomic E-state index is 0.344. The Balaban J connectivity index is 1.75. The van der Waals surface area contributed by atoms with E-state index in [1.165, 1.54) is 11.3 Å². The molecule has 6 nitrogen and oxygen atoms in total. The predicted molar refractivity (Wildman–Crippen MR) is 91.8 cm³/mol. The van der Waals surface area contributed by atoms with Crippen LogP contribution >= 0.6 is 0 Å². The largest absolute Gasteiger partial charge is 0.378 e. The van der Waals surface area contributed by atoms with E-state index in [9.17, 15) is 0 Å². The first-order chi connectivity index (χ1) is 11.2. The van der Waals surface area contributed by atoms with E-state index in [0.717, 1.165) is 36.4 Å². The van der Waals surface area contributed by atoms with Crippen LogP contribution in [0.15, 0.2) is 36.9 Å². The van der Waals surface area contributed by atoms with Gasteiger partial charge in [0.2, 0.25) is 0 Å². The number of nitrogens with one attached hydrogen (secondary N) is 1. The molecular weight excluding hydrogens is 288 g/mol. The fourth-order valence-electron chi connectivity index (χ4n) is 3.35. The summed E-state index contributed by atoms with van der Waals surface area (Å²) < 4.78 is 0. The molecule has 3 aromatic rings. The molecule has 0 bridgehead atoms.